The number of hydrogen-bond donors (Lipinski definition) is 2. The van der Waals surface area contributed by atoms with Crippen LogP contribution in [0.15, 0.2) is 47.2 Å². The highest BCUT2D eigenvalue weighted by atomic mass is 79.9. The van der Waals surface area contributed by atoms with Gasteiger partial charge < -0.3 is 10.6 Å². The van der Waals surface area contributed by atoms with Gasteiger partial charge in [0.2, 0.25) is 0 Å². The Morgan fingerprint density at radius 2 is 2.10 bits per heavy atom. The van der Waals surface area contributed by atoms with Crippen LogP contribution in [0.1, 0.15) is 17.5 Å². The predicted octanol–water partition coefficient (Wildman–Crippen LogP) is 3.31. The summed E-state index contributed by atoms with van der Waals surface area (Å²) in [6.45, 7) is 2.57. The second kappa shape index (κ2) is 8.40. The fraction of sp³-hybridized carbons (Fsp3) is 0.250. The summed E-state index contributed by atoms with van der Waals surface area (Å²) in [6.07, 6.45) is 4.63. The van der Waals surface area contributed by atoms with Crippen LogP contribution in [0, 0.1) is 11.3 Å². The lowest BCUT2D eigenvalue weighted by Gasteiger charge is -2.09. The molecule has 0 fully saturated rings. The van der Waals surface area contributed by atoms with Gasteiger partial charge in [-0.2, -0.15) is 5.26 Å². The molecular formula is C16H17BrN4. The number of hydrogen-bond acceptors (Lipinski definition) is 4. The topological polar surface area (TPSA) is 60.7 Å². The molecule has 108 valence electrons. The molecule has 0 aliphatic carbocycles. The summed E-state index contributed by atoms with van der Waals surface area (Å²) in [5.41, 5.74) is 2.71. The second-order valence-electron chi connectivity index (χ2n) is 4.59. The number of aromatic nitrogens is 1. The molecule has 4 nitrogen and oxygen atoms in total. The van der Waals surface area contributed by atoms with Crippen molar-refractivity contribution in [3.63, 3.8) is 0 Å². The van der Waals surface area contributed by atoms with E-state index in [4.69, 9.17) is 5.26 Å². The average Bonchev–Trinajstić information content (AvgIpc) is 2.52. The van der Waals surface area contributed by atoms with E-state index < -0.39 is 0 Å². The average molecular weight is 345 g/mol. The van der Waals surface area contributed by atoms with Crippen LogP contribution in [0.2, 0.25) is 0 Å². The lowest BCUT2D eigenvalue weighted by atomic mass is 10.2. The van der Waals surface area contributed by atoms with E-state index in [1.807, 2.05) is 30.5 Å². The van der Waals surface area contributed by atoms with Gasteiger partial charge in [-0.3, -0.25) is 4.98 Å². The number of nitrogens with zero attached hydrogens (tertiary/aromatic N) is 2. The number of nitriles is 1. The van der Waals surface area contributed by atoms with E-state index in [0.717, 1.165) is 36.2 Å². The van der Waals surface area contributed by atoms with Gasteiger partial charge in [0, 0.05) is 30.0 Å². The minimum absolute atomic E-state index is 0.654. The molecule has 2 N–H and O–H groups in total. The Bertz CT molecular complexity index is 607. The maximum atomic E-state index is 9.13. The highest BCUT2D eigenvalue weighted by Gasteiger charge is 2.04. The van der Waals surface area contributed by atoms with Gasteiger partial charge in [-0.15, -0.1) is 0 Å². The first-order valence-electron chi connectivity index (χ1n) is 6.83. The molecule has 0 unspecified atom stereocenters. The zero-order valence-corrected chi connectivity index (χ0v) is 13.2. The molecule has 0 aliphatic rings. The number of benzene rings is 1. The summed E-state index contributed by atoms with van der Waals surface area (Å²) < 4.78 is 0.824. The first kappa shape index (κ1) is 15.5. The summed E-state index contributed by atoms with van der Waals surface area (Å²) >= 11 is 3.39. The quantitative estimate of drug-likeness (QED) is 0.756. The SMILES string of the molecule is N#Cc1c(Br)cccc1NCCCNCc1cccnc1. The smallest absolute Gasteiger partial charge is 0.103 e. The van der Waals surface area contributed by atoms with E-state index in [9.17, 15) is 0 Å². The Labute approximate surface area is 133 Å². The van der Waals surface area contributed by atoms with Crippen LogP contribution in [-0.2, 0) is 6.54 Å². The van der Waals surface area contributed by atoms with Crippen LogP contribution < -0.4 is 10.6 Å². The van der Waals surface area contributed by atoms with Gasteiger partial charge in [0.15, 0.2) is 0 Å². The molecule has 0 aliphatic heterocycles. The fourth-order valence-electron chi connectivity index (χ4n) is 1.96. The Kier molecular flexibility index (Phi) is 6.20. The monoisotopic (exact) mass is 344 g/mol. The summed E-state index contributed by atoms with van der Waals surface area (Å²) in [6, 6.07) is 11.9. The zero-order chi connectivity index (χ0) is 14.9. The minimum Gasteiger partial charge on any atom is -0.384 e. The van der Waals surface area contributed by atoms with Gasteiger partial charge in [0.25, 0.3) is 0 Å². The third-order valence-corrected chi connectivity index (χ3v) is 3.68. The van der Waals surface area contributed by atoms with Gasteiger partial charge in [-0.25, -0.2) is 0 Å². The normalized spacial score (nSPS) is 10.1. The van der Waals surface area contributed by atoms with Gasteiger partial charge >= 0.3 is 0 Å². The predicted molar refractivity (Wildman–Crippen MR) is 87.9 cm³/mol. The number of nitrogens with one attached hydrogen (secondary N) is 2. The first-order chi connectivity index (χ1) is 10.3. The Morgan fingerprint density at radius 1 is 1.19 bits per heavy atom. The standard InChI is InChI=1S/C16H17BrN4/c17-15-5-1-6-16(14(15)10-18)21-9-3-8-20-12-13-4-2-7-19-11-13/h1-2,4-7,11,20-21H,3,8-9,12H2. The lowest BCUT2D eigenvalue weighted by molar-refractivity contribution is 0.662. The minimum atomic E-state index is 0.654. The van der Waals surface area contributed by atoms with E-state index in [2.05, 4.69) is 43.7 Å². The second-order valence-corrected chi connectivity index (χ2v) is 5.45. The molecule has 5 heteroatoms. The summed E-state index contributed by atoms with van der Waals surface area (Å²) in [7, 11) is 0. The summed E-state index contributed by atoms with van der Waals surface area (Å²) in [5, 5.41) is 15.8. The maximum absolute atomic E-state index is 9.13. The fourth-order valence-corrected chi connectivity index (χ4v) is 2.41. The van der Waals surface area contributed by atoms with Crippen molar-refractivity contribution < 1.29 is 0 Å². The Morgan fingerprint density at radius 3 is 2.86 bits per heavy atom. The van der Waals surface area contributed by atoms with Crippen molar-refractivity contribution in [1.82, 2.24) is 10.3 Å². The summed E-state index contributed by atoms with van der Waals surface area (Å²) in [5.74, 6) is 0. The molecule has 21 heavy (non-hydrogen) atoms. The molecular weight excluding hydrogens is 328 g/mol. The van der Waals surface area contributed by atoms with Crippen molar-refractivity contribution in [2.45, 2.75) is 13.0 Å². The highest BCUT2D eigenvalue weighted by molar-refractivity contribution is 9.10. The maximum Gasteiger partial charge on any atom is 0.103 e. The molecule has 2 aromatic rings. The van der Waals surface area contributed by atoms with E-state index in [0.29, 0.717) is 5.56 Å². The van der Waals surface area contributed by atoms with Crippen LogP contribution >= 0.6 is 15.9 Å². The van der Waals surface area contributed by atoms with Gasteiger partial charge in [0.1, 0.15) is 6.07 Å². The number of pyridine rings is 1. The molecule has 0 bridgehead atoms. The van der Waals surface area contributed by atoms with Crippen molar-refractivity contribution >= 4 is 21.6 Å². The van der Waals surface area contributed by atoms with Crippen LogP contribution in [0.3, 0.4) is 0 Å². The molecule has 0 saturated heterocycles. The largest absolute Gasteiger partial charge is 0.384 e. The van der Waals surface area contributed by atoms with Crippen molar-refractivity contribution in [3.05, 3.63) is 58.3 Å². The van der Waals surface area contributed by atoms with Gasteiger partial charge in [0.05, 0.1) is 11.3 Å². The van der Waals surface area contributed by atoms with E-state index >= 15 is 0 Å². The first-order valence-corrected chi connectivity index (χ1v) is 7.62. The number of halogens is 1. The molecule has 0 amide bonds. The zero-order valence-electron chi connectivity index (χ0n) is 11.6. The molecule has 0 radical (unpaired) electrons. The third kappa shape index (κ3) is 4.85. The molecule has 1 aromatic heterocycles. The van der Waals surface area contributed by atoms with Crippen LogP contribution in [0.5, 0.6) is 0 Å². The van der Waals surface area contributed by atoms with Crippen LogP contribution in [0.4, 0.5) is 5.69 Å². The molecule has 0 atom stereocenters. The van der Waals surface area contributed by atoms with E-state index in [1.165, 1.54) is 5.56 Å². The Balaban J connectivity index is 1.69. The van der Waals surface area contributed by atoms with E-state index in [1.54, 1.807) is 6.20 Å². The van der Waals surface area contributed by atoms with Crippen molar-refractivity contribution in [2.75, 3.05) is 18.4 Å². The molecule has 1 heterocycles. The Hall–Kier alpha value is -1.90. The third-order valence-electron chi connectivity index (χ3n) is 3.02. The van der Waals surface area contributed by atoms with Crippen LogP contribution in [0.25, 0.3) is 0 Å². The van der Waals surface area contributed by atoms with Crippen LogP contribution in [-0.4, -0.2) is 18.1 Å². The molecule has 2 rings (SSSR count). The number of rotatable bonds is 7. The van der Waals surface area contributed by atoms with Gasteiger partial charge in [-0.05, 0) is 52.7 Å². The molecule has 0 saturated carbocycles. The van der Waals surface area contributed by atoms with Crippen molar-refractivity contribution in [3.8, 4) is 6.07 Å². The van der Waals surface area contributed by atoms with Crippen molar-refractivity contribution in [1.29, 1.82) is 5.26 Å². The van der Waals surface area contributed by atoms with E-state index in [-0.39, 0.29) is 0 Å². The highest BCUT2D eigenvalue weighted by Crippen LogP contribution is 2.23. The van der Waals surface area contributed by atoms with Crippen molar-refractivity contribution in [2.24, 2.45) is 0 Å². The summed E-state index contributed by atoms with van der Waals surface area (Å²) in [4.78, 5) is 4.08. The molecule has 1 aromatic carbocycles. The van der Waals surface area contributed by atoms with Gasteiger partial charge in [-0.1, -0.05) is 12.1 Å². The number of anilines is 1. The lowest BCUT2D eigenvalue weighted by Crippen LogP contribution is -2.17. The molecule has 0 spiro atoms.